The molecule has 1 unspecified atom stereocenters. The zero-order valence-corrected chi connectivity index (χ0v) is 25.6. The fourth-order valence-corrected chi connectivity index (χ4v) is 5.33. The number of benzene rings is 3. The van der Waals surface area contributed by atoms with Crippen LogP contribution in [-0.4, -0.2) is 41.8 Å². The summed E-state index contributed by atoms with van der Waals surface area (Å²) in [5, 5.41) is 3.65. The van der Waals surface area contributed by atoms with Gasteiger partial charge in [0.1, 0.15) is 23.6 Å². The molecule has 4 rings (SSSR count). The van der Waals surface area contributed by atoms with Crippen LogP contribution in [0.5, 0.6) is 0 Å². The van der Waals surface area contributed by atoms with Crippen molar-refractivity contribution < 1.29 is 14.6 Å². The van der Waals surface area contributed by atoms with Crippen LogP contribution in [-0.2, 0) is 0 Å². The van der Waals surface area contributed by atoms with Gasteiger partial charge >= 0.3 is 0 Å². The van der Waals surface area contributed by atoms with E-state index < -0.39 is 17.8 Å². The lowest BCUT2D eigenvalue weighted by atomic mass is 9.96. The Balaban J connectivity index is 0.00000529. The molecular formula is C36H43F3N4. The summed E-state index contributed by atoms with van der Waals surface area (Å²) in [7, 11) is 0. The molecule has 0 saturated carbocycles. The number of nitrogens with one attached hydrogen (secondary N) is 1. The smallest absolute Gasteiger partial charge is 0.131 e. The summed E-state index contributed by atoms with van der Waals surface area (Å²) < 4.78 is 42.4. The van der Waals surface area contributed by atoms with Crippen molar-refractivity contribution in [2.24, 2.45) is 9.98 Å². The highest BCUT2D eigenvalue weighted by Gasteiger charge is 2.25. The van der Waals surface area contributed by atoms with E-state index in [0.717, 1.165) is 71.5 Å². The quantitative estimate of drug-likeness (QED) is 0.189. The second kappa shape index (κ2) is 14.4. The maximum absolute atomic E-state index is 14.3. The van der Waals surface area contributed by atoms with Gasteiger partial charge in [0.15, 0.2) is 0 Å². The summed E-state index contributed by atoms with van der Waals surface area (Å²) in [6.07, 6.45) is 1.52. The number of piperidine rings is 1. The summed E-state index contributed by atoms with van der Waals surface area (Å²) in [5.41, 5.74) is 6.70. The Morgan fingerprint density at radius 3 is 2.28 bits per heavy atom. The minimum absolute atomic E-state index is 0. The Morgan fingerprint density at radius 2 is 1.67 bits per heavy atom. The minimum atomic E-state index is -0.944. The fraction of sp³-hybridized carbons (Fsp3) is 0.333. The van der Waals surface area contributed by atoms with E-state index in [2.05, 4.69) is 28.4 Å². The van der Waals surface area contributed by atoms with E-state index in [1.165, 1.54) is 12.1 Å². The molecule has 3 aromatic rings. The molecule has 1 heterocycles. The molecule has 0 bridgehead atoms. The summed E-state index contributed by atoms with van der Waals surface area (Å²) in [5.74, 6) is -0.545. The molecule has 7 heteroatoms. The van der Waals surface area contributed by atoms with E-state index in [4.69, 9.17) is 4.99 Å². The average molecular weight is 589 g/mol. The fourth-order valence-electron chi connectivity index (χ4n) is 5.33. The molecule has 1 atom stereocenters. The van der Waals surface area contributed by atoms with Crippen molar-refractivity contribution in [3.8, 4) is 0 Å². The summed E-state index contributed by atoms with van der Waals surface area (Å²) in [4.78, 5) is 11.7. The molecule has 0 spiro atoms. The Hall–Kier alpha value is -4.13. The van der Waals surface area contributed by atoms with Gasteiger partial charge in [0.2, 0.25) is 0 Å². The van der Waals surface area contributed by atoms with Crippen molar-refractivity contribution in [2.75, 3.05) is 18.4 Å². The van der Waals surface area contributed by atoms with Crippen LogP contribution in [0.1, 0.15) is 63.2 Å². The second-order valence-corrected chi connectivity index (χ2v) is 11.3. The van der Waals surface area contributed by atoms with Crippen molar-refractivity contribution in [2.45, 2.75) is 65.6 Å². The van der Waals surface area contributed by atoms with Crippen molar-refractivity contribution in [1.82, 2.24) is 4.90 Å². The Kier molecular flexibility index (Phi) is 10.6. The van der Waals surface area contributed by atoms with Gasteiger partial charge in [-0.2, -0.15) is 0 Å². The number of halogens is 3. The van der Waals surface area contributed by atoms with Gasteiger partial charge in [0.25, 0.3) is 0 Å². The summed E-state index contributed by atoms with van der Waals surface area (Å²) in [6, 6.07) is 17.5. The predicted octanol–water partition coefficient (Wildman–Crippen LogP) is 9.50. The summed E-state index contributed by atoms with van der Waals surface area (Å²) >= 11 is 0. The third-order valence-electron chi connectivity index (χ3n) is 7.65. The van der Waals surface area contributed by atoms with Crippen LogP contribution < -0.4 is 5.32 Å². The lowest BCUT2D eigenvalue weighted by Gasteiger charge is -2.36. The van der Waals surface area contributed by atoms with Crippen LogP contribution in [0.2, 0.25) is 0 Å². The number of rotatable bonds is 10. The molecule has 4 nitrogen and oxygen atoms in total. The number of alkyl halides is 1. The lowest BCUT2D eigenvalue weighted by molar-refractivity contribution is 0.310. The molecule has 0 aromatic heterocycles. The molecule has 1 N–H and O–H groups in total. The van der Waals surface area contributed by atoms with Crippen molar-refractivity contribution in [3.05, 3.63) is 119 Å². The van der Waals surface area contributed by atoms with Crippen LogP contribution in [0, 0.1) is 25.5 Å². The van der Waals surface area contributed by atoms with Crippen molar-refractivity contribution in [3.63, 3.8) is 0 Å². The first-order valence-corrected chi connectivity index (χ1v) is 14.8. The molecule has 1 aliphatic rings. The highest BCUT2D eigenvalue weighted by molar-refractivity contribution is 6.14. The van der Waals surface area contributed by atoms with Crippen LogP contribution in [0.4, 0.5) is 24.5 Å². The SMILES string of the molecule is C=C(C)N=C(c1cc(F)cc(F)c1)c1ccc(NC2CCN(C(=Nc3ccccc3C)C(=C)CC(F)CC)CC2)cc1C.[HH]. The van der Waals surface area contributed by atoms with Gasteiger partial charge < -0.3 is 10.2 Å². The molecule has 0 radical (unpaired) electrons. The molecule has 3 aromatic carbocycles. The number of aryl methyl sites for hydroxylation is 2. The molecular weight excluding hydrogens is 545 g/mol. The largest absolute Gasteiger partial charge is 0.382 e. The topological polar surface area (TPSA) is 40.0 Å². The Morgan fingerprint density at radius 1 is 1.00 bits per heavy atom. The zero-order valence-electron chi connectivity index (χ0n) is 25.6. The molecule has 43 heavy (non-hydrogen) atoms. The monoisotopic (exact) mass is 588 g/mol. The van der Waals surface area contributed by atoms with Gasteiger partial charge in [0, 0.05) is 55.6 Å². The Labute approximate surface area is 255 Å². The number of para-hydroxylation sites is 1. The number of aliphatic imine (C=N–C) groups is 2. The van der Waals surface area contributed by atoms with E-state index in [1.807, 2.05) is 63.2 Å². The van der Waals surface area contributed by atoms with Gasteiger partial charge in [-0.3, -0.25) is 4.99 Å². The van der Waals surface area contributed by atoms with E-state index in [0.29, 0.717) is 23.4 Å². The lowest BCUT2D eigenvalue weighted by Crippen LogP contribution is -2.43. The minimum Gasteiger partial charge on any atom is -0.382 e. The second-order valence-electron chi connectivity index (χ2n) is 11.3. The predicted molar refractivity (Wildman–Crippen MR) is 176 cm³/mol. The summed E-state index contributed by atoms with van der Waals surface area (Å²) in [6.45, 7) is 17.2. The van der Waals surface area contributed by atoms with Crippen LogP contribution in [0.25, 0.3) is 0 Å². The van der Waals surface area contributed by atoms with Gasteiger partial charge in [-0.1, -0.05) is 44.3 Å². The maximum atomic E-state index is 14.3. The number of likely N-dealkylation sites (tertiary alicyclic amines) is 1. The number of nitrogens with zero attached hydrogens (tertiary/aromatic N) is 3. The Bertz CT molecular complexity index is 1520. The van der Waals surface area contributed by atoms with Crippen LogP contribution in [0.15, 0.2) is 95.1 Å². The van der Waals surface area contributed by atoms with Crippen LogP contribution in [0.3, 0.4) is 0 Å². The average Bonchev–Trinajstić information content (AvgIpc) is 2.95. The standard InChI is InChI=1S/C36H41F3N4.H2/c1-7-28(37)18-26(6)36(42-34-11-9-8-10-24(34)4)43-16-14-31(15-17-43)41-32-12-13-33(25(5)19-32)35(40-23(2)3)27-20-29(38)22-30(39)21-27;/h8-13,19-22,28,31,41H,2,6-7,14-18H2,1,3-5H3;1H. The van der Waals surface area contributed by atoms with Crippen molar-refractivity contribution >= 4 is 22.9 Å². The first-order valence-electron chi connectivity index (χ1n) is 14.8. The number of hydrogen-bond donors (Lipinski definition) is 1. The zero-order chi connectivity index (χ0) is 31.1. The first-order chi connectivity index (χ1) is 20.5. The normalized spacial score (nSPS) is 15.4. The molecule has 1 fully saturated rings. The number of amidine groups is 1. The van der Waals surface area contributed by atoms with Gasteiger partial charge in [-0.15, -0.1) is 0 Å². The van der Waals surface area contributed by atoms with E-state index >= 15 is 0 Å². The highest BCUT2D eigenvalue weighted by atomic mass is 19.1. The maximum Gasteiger partial charge on any atom is 0.131 e. The molecule has 0 amide bonds. The molecule has 0 aliphatic carbocycles. The molecule has 1 saturated heterocycles. The van der Waals surface area contributed by atoms with Gasteiger partial charge in [-0.05, 0) is 87.1 Å². The molecule has 228 valence electrons. The third kappa shape index (κ3) is 8.46. The van der Waals surface area contributed by atoms with E-state index in [-0.39, 0.29) is 13.9 Å². The number of hydrogen-bond acceptors (Lipinski definition) is 3. The van der Waals surface area contributed by atoms with E-state index in [1.54, 1.807) is 6.92 Å². The third-order valence-corrected chi connectivity index (χ3v) is 7.65. The number of allylic oxidation sites excluding steroid dienone is 1. The van der Waals surface area contributed by atoms with E-state index in [9.17, 15) is 13.2 Å². The van der Waals surface area contributed by atoms with Crippen molar-refractivity contribution in [1.29, 1.82) is 0 Å². The number of anilines is 1. The highest BCUT2D eigenvalue weighted by Crippen LogP contribution is 2.27. The van der Waals surface area contributed by atoms with Crippen LogP contribution >= 0.6 is 0 Å². The van der Waals surface area contributed by atoms with Gasteiger partial charge in [-0.25, -0.2) is 18.2 Å². The first kappa shape index (κ1) is 31.8. The van der Waals surface area contributed by atoms with Gasteiger partial charge in [0.05, 0.1) is 11.4 Å². The molecule has 1 aliphatic heterocycles.